The fourth-order valence-electron chi connectivity index (χ4n) is 1.00. The fraction of sp³-hybridized carbons (Fsp3) is 0.250. The van der Waals surface area contributed by atoms with Gasteiger partial charge in [0, 0.05) is 23.5 Å². The Kier molecular flexibility index (Phi) is 3.11. The minimum absolute atomic E-state index is 0.00477. The maximum absolute atomic E-state index is 10.3. The van der Waals surface area contributed by atoms with Crippen LogP contribution in [0.4, 0.5) is 5.69 Å². The van der Waals surface area contributed by atoms with Gasteiger partial charge in [0.1, 0.15) is 0 Å². The van der Waals surface area contributed by atoms with Gasteiger partial charge in [0.2, 0.25) is 6.54 Å². The Hall–Kier alpha value is -1.98. The number of nitrogens with zero attached hydrogens (tertiary/aromatic N) is 2. The second-order valence-electron chi connectivity index (χ2n) is 2.73. The molecule has 0 saturated carbocycles. The van der Waals surface area contributed by atoms with Crippen LogP contribution in [-0.4, -0.2) is 16.4 Å². The molecule has 1 aromatic rings. The molecular formula is C8H8N2O4. The molecule has 0 fully saturated rings. The first-order chi connectivity index (χ1) is 6.59. The molecule has 0 aliphatic carbocycles. The number of nitro groups is 2. The Morgan fingerprint density at radius 1 is 1.07 bits per heavy atom. The van der Waals surface area contributed by atoms with Crippen molar-refractivity contribution in [3.63, 3.8) is 0 Å². The van der Waals surface area contributed by atoms with Crippen molar-refractivity contribution in [1.82, 2.24) is 0 Å². The molecule has 6 heteroatoms. The highest BCUT2D eigenvalue weighted by Crippen LogP contribution is 2.11. The van der Waals surface area contributed by atoms with Crippen molar-refractivity contribution in [2.75, 3.05) is 6.54 Å². The second kappa shape index (κ2) is 4.31. The summed E-state index contributed by atoms with van der Waals surface area (Å²) < 4.78 is 0. The van der Waals surface area contributed by atoms with Crippen LogP contribution in [0.5, 0.6) is 0 Å². The van der Waals surface area contributed by atoms with E-state index in [9.17, 15) is 20.2 Å². The van der Waals surface area contributed by atoms with Crippen LogP contribution in [0.25, 0.3) is 0 Å². The van der Waals surface area contributed by atoms with E-state index in [4.69, 9.17) is 0 Å². The smallest absolute Gasteiger partial charge is 0.265 e. The highest BCUT2D eigenvalue weighted by molar-refractivity contribution is 5.32. The molecule has 0 aliphatic heterocycles. The molecular weight excluding hydrogens is 188 g/mol. The summed E-state index contributed by atoms with van der Waals surface area (Å²) in [5.74, 6) is 0. The summed E-state index contributed by atoms with van der Waals surface area (Å²) >= 11 is 0. The lowest BCUT2D eigenvalue weighted by molar-refractivity contribution is -0.479. The van der Waals surface area contributed by atoms with Crippen LogP contribution in [0.2, 0.25) is 0 Å². The van der Waals surface area contributed by atoms with Gasteiger partial charge in [0.05, 0.1) is 4.92 Å². The fourth-order valence-corrected chi connectivity index (χ4v) is 1.00. The first kappa shape index (κ1) is 10.1. The van der Waals surface area contributed by atoms with Crippen LogP contribution in [0, 0.1) is 20.2 Å². The van der Waals surface area contributed by atoms with Gasteiger partial charge < -0.3 is 0 Å². The number of benzene rings is 1. The summed E-state index contributed by atoms with van der Waals surface area (Å²) in [6.07, 6.45) is 0.297. The average Bonchev–Trinajstić information content (AvgIpc) is 2.15. The van der Waals surface area contributed by atoms with Crippen LogP contribution >= 0.6 is 0 Å². The molecule has 0 radical (unpaired) electrons. The van der Waals surface area contributed by atoms with Crippen LogP contribution in [0.1, 0.15) is 5.56 Å². The van der Waals surface area contributed by atoms with Crippen LogP contribution in [-0.2, 0) is 6.42 Å². The number of hydrogen-bond donors (Lipinski definition) is 0. The molecule has 74 valence electrons. The molecule has 0 amide bonds. The molecule has 0 spiro atoms. The van der Waals surface area contributed by atoms with Gasteiger partial charge in [0.25, 0.3) is 5.69 Å². The van der Waals surface area contributed by atoms with E-state index < -0.39 is 9.85 Å². The minimum atomic E-state index is -0.503. The Morgan fingerprint density at radius 2 is 1.64 bits per heavy atom. The number of nitro benzene ring substituents is 1. The Balaban J connectivity index is 2.64. The molecule has 0 saturated heterocycles. The standard InChI is InChI=1S/C8H8N2O4/c11-9(12)6-5-7-1-3-8(4-2-7)10(13)14/h1-4H,5-6H2. The summed E-state index contributed by atoms with van der Waals surface area (Å²) in [4.78, 5) is 19.4. The maximum atomic E-state index is 10.3. The normalized spacial score (nSPS) is 9.71. The lowest BCUT2D eigenvalue weighted by atomic mass is 10.1. The molecule has 0 unspecified atom stereocenters. The zero-order chi connectivity index (χ0) is 10.6. The minimum Gasteiger partial charge on any atom is -0.265 e. The second-order valence-corrected chi connectivity index (χ2v) is 2.73. The van der Waals surface area contributed by atoms with Gasteiger partial charge in [-0.3, -0.25) is 20.2 Å². The third-order valence-corrected chi connectivity index (χ3v) is 1.73. The summed E-state index contributed by atoms with van der Waals surface area (Å²) in [6.45, 7) is -0.155. The van der Waals surface area contributed by atoms with E-state index in [0.717, 1.165) is 5.56 Å². The summed E-state index contributed by atoms with van der Waals surface area (Å²) in [5, 5.41) is 20.3. The van der Waals surface area contributed by atoms with Crippen molar-refractivity contribution < 1.29 is 9.85 Å². The number of non-ortho nitro benzene ring substituents is 1. The predicted octanol–water partition coefficient (Wildman–Crippen LogP) is 1.41. The van der Waals surface area contributed by atoms with E-state index in [1.165, 1.54) is 24.3 Å². The maximum Gasteiger partial charge on any atom is 0.269 e. The van der Waals surface area contributed by atoms with Crippen molar-refractivity contribution in [2.45, 2.75) is 6.42 Å². The molecule has 0 heterocycles. The van der Waals surface area contributed by atoms with Crippen molar-refractivity contribution in [3.8, 4) is 0 Å². The third-order valence-electron chi connectivity index (χ3n) is 1.73. The molecule has 6 nitrogen and oxygen atoms in total. The molecule has 0 aromatic heterocycles. The van der Waals surface area contributed by atoms with E-state index >= 15 is 0 Å². The van der Waals surface area contributed by atoms with Gasteiger partial charge in [0.15, 0.2) is 0 Å². The zero-order valence-electron chi connectivity index (χ0n) is 7.25. The van der Waals surface area contributed by atoms with Crippen molar-refractivity contribution >= 4 is 5.69 Å². The first-order valence-electron chi connectivity index (χ1n) is 3.95. The molecule has 1 rings (SSSR count). The largest absolute Gasteiger partial charge is 0.269 e. The van der Waals surface area contributed by atoms with E-state index in [0.29, 0.717) is 6.42 Å². The van der Waals surface area contributed by atoms with Gasteiger partial charge in [-0.25, -0.2) is 0 Å². The quantitative estimate of drug-likeness (QED) is 0.538. The summed E-state index contributed by atoms with van der Waals surface area (Å²) in [7, 11) is 0. The number of rotatable bonds is 4. The van der Waals surface area contributed by atoms with E-state index in [2.05, 4.69) is 0 Å². The first-order valence-corrected chi connectivity index (χ1v) is 3.95. The Labute approximate surface area is 79.5 Å². The van der Waals surface area contributed by atoms with Gasteiger partial charge in [-0.1, -0.05) is 12.1 Å². The highest BCUT2D eigenvalue weighted by atomic mass is 16.6. The molecule has 1 aromatic carbocycles. The molecule has 0 bridgehead atoms. The van der Waals surface area contributed by atoms with E-state index in [1.807, 2.05) is 0 Å². The summed E-state index contributed by atoms with van der Waals surface area (Å²) in [6, 6.07) is 5.74. The molecule has 0 aliphatic rings. The van der Waals surface area contributed by atoms with E-state index in [-0.39, 0.29) is 12.2 Å². The summed E-state index contributed by atoms with van der Waals surface area (Å²) in [5.41, 5.74) is 0.724. The van der Waals surface area contributed by atoms with Crippen molar-refractivity contribution in [2.24, 2.45) is 0 Å². The lowest BCUT2D eigenvalue weighted by Crippen LogP contribution is -2.03. The van der Waals surface area contributed by atoms with E-state index in [1.54, 1.807) is 0 Å². The molecule has 0 N–H and O–H groups in total. The van der Waals surface area contributed by atoms with Crippen LogP contribution in [0.15, 0.2) is 24.3 Å². The van der Waals surface area contributed by atoms with Crippen LogP contribution < -0.4 is 0 Å². The van der Waals surface area contributed by atoms with Gasteiger partial charge >= 0.3 is 0 Å². The average molecular weight is 196 g/mol. The molecule has 0 atom stereocenters. The SMILES string of the molecule is O=[N+]([O-])CCc1ccc([N+](=O)[O-])cc1. The van der Waals surface area contributed by atoms with Crippen LogP contribution in [0.3, 0.4) is 0 Å². The van der Waals surface area contributed by atoms with Gasteiger partial charge in [-0.15, -0.1) is 0 Å². The topological polar surface area (TPSA) is 86.3 Å². The third kappa shape index (κ3) is 2.81. The zero-order valence-corrected chi connectivity index (χ0v) is 7.25. The van der Waals surface area contributed by atoms with Crippen molar-refractivity contribution in [1.29, 1.82) is 0 Å². The highest BCUT2D eigenvalue weighted by Gasteiger charge is 2.05. The Morgan fingerprint density at radius 3 is 2.07 bits per heavy atom. The predicted molar refractivity (Wildman–Crippen MR) is 48.7 cm³/mol. The number of hydrogen-bond acceptors (Lipinski definition) is 4. The van der Waals surface area contributed by atoms with Gasteiger partial charge in [-0.2, -0.15) is 0 Å². The van der Waals surface area contributed by atoms with Gasteiger partial charge in [-0.05, 0) is 5.56 Å². The lowest BCUT2D eigenvalue weighted by Gasteiger charge is -1.96. The monoisotopic (exact) mass is 196 g/mol. The molecule has 14 heavy (non-hydrogen) atoms. The van der Waals surface area contributed by atoms with Crippen molar-refractivity contribution in [3.05, 3.63) is 50.1 Å². The Bertz CT molecular complexity index is 347.